The smallest absolute Gasteiger partial charge is 0.171 e. The topological polar surface area (TPSA) is 37.0 Å². The minimum atomic E-state index is 0.605. The molecule has 23 heavy (non-hydrogen) atoms. The summed E-state index contributed by atoms with van der Waals surface area (Å²) in [7, 11) is 0. The number of benzene rings is 2. The largest absolute Gasteiger partial charge is 0.357 e. The number of hydrogen-bond acceptors (Lipinski definition) is 3. The maximum Gasteiger partial charge on any atom is 0.171 e. The molecule has 0 saturated carbocycles. The van der Waals surface area contributed by atoms with E-state index in [0.29, 0.717) is 11.7 Å². The van der Waals surface area contributed by atoms with Crippen LogP contribution in [0.3, 0.4) is 0 Å². The van der Waals surface area contributed by atoms with Gasteiger partial charge in [-0.15, -0.1) is 11.3 Å². The molecule has 0 aliphatic carbocycles. The number of thiazole rings is 1. The van der Waals surface area contributed by atoms with Crippen LogP contribution >= 0.6 is 23.6 Å². The fourth-order valence-corrected chi connectivity index (χ4v) is 3.17. The van der Waals surface area contributed by atoms with Crippen molar-refractivity contribution in [3.05, 3.63) is 82.3 Å². The molecule has 0 spiro atoms. The van der Waals surface area contributed by atoms with E-state index in [1.54, 1.807) is 11.3 Å². The van der Waals surface area contributed by atoms with E-state index in [0.717, 1.165) is 22.8 Å². The molecule has 0 fully saturated rings. The molecule has 0 aliphatic rings. The zero-order chi connectivity index (χ0) is 15.9. The van der Waals surface area contributed by atoms with Crippen molar-refractivity contribution in [3.63, 3.8) is 0 Å². The second-order valence-electron chi connectivity index (χ2n) is 5.07. The summed E-state index contributed by atoms with van der Waals surface area (Å²) >= 11 is 6.99. The van der Waals surface area contributed by atoms with Gasteiger partial charge >= 0.3 is 0 Å². The third kappa shape index (κ3) is 4.87. The summed E-state index contributed by atoms with van der Waals surface area (Å²) in [4.78, 5) is 4.65. The number of rotatable bonds is 5. The van der Waals surface area contributed by atoms with Crippen molar-refractivity contribution in [2.24, 2.45) is 0 Å². The van der Waals surface area contributed by atoms with Crippen molar-refractivity contribution < 1.29 is 0 Å². The fraction of sp³-hybridized carbons (Fsp3) is 0.111. The molecule has 0 radical (unpaired) electrons. The van der Waals surface area contributed by atoms with Crippen LogP contribution in [0.1, 0.15) is 16.3 Å². The third-order valence-corrected chi connectivity index (χ3v) is 4.40. The average molecular weight is 339 g/mol. The SMILES string of the molecule is S=C(NCc1csc(Cc2ccccc2)n1)Nc1ccccc1. The lowest BCUT2D eigenvalue weighted by atomic mass is 10.2. The molecule has 2 N–H and O–H groups in total. The van der Waals surface area contributed by atoms with Gasteiger partial charge in [-0.25, -0.2) is 4.98 Å². The lowest BCUT2D eigenvalue weighted by Crippen LogP contribution is -2.27. The van der Waals surface area contributed by atoms with Gasteiger partial charge in [0.2, 0.25) is 0 Å². The molecule has 1 heterocycles. The predicted molar refractivity (Wildman–Crippen MR) is 101 cm³/mol. The normalized spacial score (nSPS) is 10.3. The molecule has 0 bridgehead atoms. The Morgan fingerprint density at radius 1 is 1.00 bits per heavy atom. The Balaban J connectivity index is 1.50. The van der Waals surface area contributed by atoms with E-state index in [2.05, 4.69) is 45.3 Å². The van der Waals surface area contributed by atoms with Gasteiger partial charge in [0.1, 0.15) is 0 Å². The molecular weight excluding hydrogens is 322 g/mol. The van der Waals surface area contributed by atoms with Gasteiger partial charge in [0.15, 0.2) is 5.11 Å². The first-order chi connectivity index (χ1) is 11.3. The van der Waals surface area contributed by atoms with Crippen LogP contribution in [0, 0.1) is 0 Å². The quantitative estimate of drug-likeness (QED) is 0.683. The lowest BCUT2D eigenvalue weighted by Gasteiger charge is -2.09. The number of nitrogens with zero attached hydrogens (tertiary/aromatic N) is 1. The molecule has 116 valence electrons. The van der Waals surface area contributed by atoms with Gasteiger partial charge in [-0.2, -0.15) is 0 Å². The van der Waals surface area contributed by atoms with E-state index in [4.69, 9.17) is 12.2 Å². The minimum Gasteiger partial charge on any atom is -0.357 e. The first kappa shape index (κ1) is 15.6. The highest BCUT2D eigenvalue weighted by molar-refractivity contribution is 7.80. The van der Waals surface area contributed by atoms with Gasteiger partial charge in [-0.3, -0.25) is 0 Å². The lowest BCUT2D eigenvalue weighted by molar-refractivity contribution is 0.883. The molecule has 0 unspecified atom stereocenters. The maximum atomic E-state index is 5.30. The van der Waals surface area contributed by atoms with Crippen molar-refractivity contribution in [2.75, 3.05) is 5.32 Å². The number of nitrogens with one attached hydrogen (secondary N) is 2. The number of anilines is 1. The highest BCUT2D eigenvalue weighted by Crippen LogP contribution is 2.14. The molecule has 5 heteroatoms. The zero-order valence-corrected chi connectivity index (χ0v) is 14.2. The van der Waals surface area contributed by atoms with Crippen LogP contribution in [0.5, 0.6) is 0 Å². The maximum absolute atomic E-state index is 5.30. The number of thiocarbonyl (C=S) groups is 1. The Hall–Kier alpha value is -2.24. The summed E-state index contributed by atoms with van der Waals surface area (Å²) in [5, 5.41) is 10.1. The van der Waals surface area contributed by atoms with Crippen molar-refractivity contribution in [1.29, 1.82) is 0 Å². The van der Waals surface area contributed by atoms with Crippen LogP contribution in [-0.4, -0.2) is 10.1 Å². The van der Waals surface area contributed by atoms with Crippen molar-refractivity contribution >= 4 is 34.4 Å². The second-order valence-corrected chi connectivity index (χ2v) is 6.42. The van der Waals surface area contributed by atoms with Crippen molar-refractivity contribution in [3.8, 4) is 0 Å². The summed E-state index contributed by atoms with van der Waals surface area (Å²) in [6.07, 6.45) is 0.873. The van der Waals surface area contributed by atoms with Crippen LogP contribution in [0.15, 0.2) is 66.0 Å². The molecule has 2 aromatic carbocycles. The van der Waals surface area contributed by atoms with Crippen LogP contribution in [0.25, 0.3) is 0 Å². The number of hydrogen-bond donors (Lipinski definition) is 2. The third-order valence-electron chi connectivity index (χ3n) is 3.26. The Bertz CT molecular complexity index is 754. The van der Waals surface area contributed by atoms with E-state index >= 15 is 0 Å². The van der Waals surface area contributed by atoms with Crippen molar-refractivity contribution in [2.45, 2.75) is 13.0 Å². The molecule has 3 rings (SSSR count). The summed E-state index contributed by atoms with van der Waals surface area (Å²) in [6, 6.07) is 20.3. The van der Waals surface area contributed by atoms with Crippen LogP contribution in [0.2, 0.25) is 0 Å². The van der Waals surface area contributed by atoms with Gasteiger partial charge in [-0.05, 0) is 29.9 Å². The van der Waals surface area contributed by atoms with E-state index in [1.807, 2.05) is 36.4 Å². The molecule has 3 nitrogen and oxygen atoms in total. The van der Waals surface area contributed by atoms with E-state index in [1.165, 1.54) is 5.56 Å². The predicted octanol–water partition coefficient (Wildman–Crippen LogP) is 4.22. The minimum absolute atomic E-state index is 0.605. The first-order valence-electron chi connectivity index (χ1n) is 7.37. The molecule has 0 aliphatic heterocycles. The second kappa shape index (κ2) is 7.85. The van der Waals surface area contributed by atoms with Crippen LogP contribution in [0.4, 0.5) is 5.69 Å². The summed E-state index contributed by atoms with van der Waals surface area (Å²) in [5.41, 5.74) is 3.27. The van der Waals surface area contributed by atoms with Gasteiger partial charge < -0.3 is 10.6 Å². The Morgan fingerprint density at radius 3 is 2.43 bits per heavy atom. The monoisotopic (exact) mass is 339 g/mol. The molecular formula is C18H17N3S2. The zero-order valence-electron chi connectivity index (χ0n) is 12.5. The Kier molecular flexibility index (Phi) is 5.34. The number of para-hydroxylation sites is 1. The van der Waals surface area contributed by atoms with E-state index < -0.39 is 0 Å². The van der Waals surface area contributed by atoms with Gasteiger partial charge in [-0.1, -0.05) is 48.5 Å². The van der Waals surface area contributed by atoms with Crippen molar-refractivity contribution in [1.82, 2.24) is 10.3 Å². The van der Waals surface area contributed by atoms with E-state index in [9.17, 15) is 0 Å². The highest BCUT2D eigenvalue weighted by Gasteiger charge is 2.04. The fourth-order valence-electron chi connectivity index (χ4n) is 2.15. The summed E-state index contributed by atoms with van der Waals surface area (Å²) in [6.45, 7) is 0.629. The standard InChI is InChI=1S/C18H17N3S2/c22-18(21-15-9-5-2-6-10-15)19-12-16-13-23-17(20-16)11-14-7-3-1-4-8-14/h1-10,13H,11-12H2,(H2,19,21,22). The Labute approximate surface area is 145 Å². The molecule has 0 saturated heterocycles. The molecule has 0 atom stereocenters. The number of aromatic nitrogens is 1. The molecule has 0 amide bonds. The van der Waals surface area contributed by atoms with Gasteiger partial charge in [0, 0.05) is 17.5 Å². The van der Waals surface area contributed by atoms with Gasteiger partial charge in [0.25, 0.3) is 0 Å². The average Bonchev–Trinajstić information content (AvgIpc) is 3.02. The Morgan fingerprint density at radius 2 is 1.70 bits per heavy atom. The van der Waals surface area contributed by atoms with Crippen LogP contribution in [-0.2, 0) is 13.0 Å². The summed E-state index contributed by atoms with van der Waals surface area (Å²) < 4.78 is 0. The highest BCUT2D eigenvalue weighted by atomic mass is 32.1. The van der Waals surface area contributed by atoms with E-state index in [-0.39, 0.29) is 0 Å². The molecule has 1 aromatic heterocycles. The van der Waals surface area contributed by atoms with Crippen LogP contribution < -0.4 is 10.6 Å². The first-order valence-corrected chi connectivity index (χ1v) is 8.65. The van der Waals surface area contributed by atoms with Gasteiger partial charge in [0.05, 0.1) is 17.2 Å². The molecule has 3 aromatic rings. The summed E-state index contributed by atoms with van der Waals surface area (Å²) in [5.74, 6) is 0.